The lowest BCUT2D eigenvalue weighted by Gasteiger charge is -2.34. The van der Waals surface area contributed by atoms with Crippen molar-refractivity contribution in [2.24, 2.45) is 5.73 Å². The van der Waals surface area contributed by atoms with Crippen molar-refractivity contribution in [2.45, 2.75) is 10.8 Å². The minimum Gasteiger partial charge on any atom is -0.312 e. The van der Waals surface area contributed by atoms with Gasteiger partial charge in [0.1, 0.15) is 0 Å². The van der Waals surface area contributed by atoms with Crippen LogP contribution in [0.1, 0.15) is 22.6 Å². The van der Waals surface area contributed by atoms with Gasteiger partial charge in [0.05, 0.1) is 4.87 Å². The Hall–Kier alpha value is -2.03. The second-order valence-corrected chi connectivity index (χ2v) is 6.19. The molecule has 0 saturated heterocycles. The van der Waals surface area contributed by atoms with Gasteiger partial charge in [-0.1, -0.05) is 91.0 Å². The van der Waals surface area contributed by atoms with E-state index in [1.165, 1.54) is 0 Å². The smallest absolute Gasteiger partial charge is 0.0958 e. The van der Waals surface area contributed by atoms with Gasteiger partial charge in [-0.2, -0.15) is 12.6 Å². The van der Waals surface area contributed by atoms with Gasteiger partial charge in [0.15, 0.2) is 0 Å². The molecule has 1 unspecified atom stereocenters. The summed E-state index contributed by atoms with van der Waals surface area (Å²) < 4.78 is 0. The highest BCUT2D eigenvalue weighted by molar-refractivity contribution is 7.81. The summed E-state index contributed by atoms with van der Waals surface area (Å²) in [4.78, 5) is -0.788. The summed E-state index contributed by atoms with van der Waals surface area (Å²) in [7, 11) is 0. The zero-order valence-corrected chi connectivity index (χ0v) is 13.2. The van der Waals surface area contributed by atoms with Crippen molar-refractivity contribution in [3.05, 3.63) is 108 Å². The fourth-order valence-electron chi connectivity index (χ4n) is 2.86. The summed E-state index contributed by atoms with van der Waals surface area (Å²) in [5.41, 5.74) is 10.0. The molecule has 0 heterocycles. The fourth-order valence-corrected chi connectivity index (χ4v) is 3.31. The Bertz CT molecular complexity index is 669. The second kappa shape index (κ2) is 6.39. The van der Waals surface area contributed by atoms with Crippen molar-refractivity contribution >= 4 is 12.6 Å². The summed E-state index contributed by atoms with van der Waals surface area (Å²) in [6.07, 6.45) is 0. The van der Waals surface area contributed by atoms with E-state index >= 15 is 0 Å². The standard InChI is InChI=1S/C20H19NS/c21-20(22,18-14-8-3-9-15-18)19(16-10-4-1-5-11-16)17-12-6-2-7-13-17/h1-15,19,22H,21H2. The number of hydrogen-bond donors (Lipinski definition) is 2. The van der Waals surface area contributed by atoms with Crippen LogP contribution in [-0.4, -0.2) is 0 Å². The van der Waals surface area contributed by atoms with Gasteiger partial charge >= 0.3 is 0 Å². The SMILES string of the molecule is NC(S)(c1ccccc1)C(c1ccccc1)c1ccccc1. The van der Waals surface area contributed by atoms with Gasteiger partial charge in [0, 0.05) is 5.92 Å². The molecular weight excluding hydrogens is 286 g/mol. The lowest BCUT2D eigenvalue weighted by atomic mass is 9.81. The van der Waals surface area contributed by atoms with Gasteiger partial charge in [-0.05, 0) is 16.7 Å². The van der Waals surface area contributed by atoms with Crippen LogP contribution < -0.4 is 5.73 Å². The Kier molecular flexibility index (Phi) is 4.32. The molecule has 0 aliphatic rings. The van der Waals surface area contributed by atoms with E-state index in [2.05, 4.69) is 24.3 Å². The van der Waals surface area contributed by atoms with E-state index in [4.69, 9.17) is 18.4 Å². The molecule has 0 saturated carbocycles. The third-order valence-corrected chi connectivity index (χ3v) is 4.46. The Morgan fingerprint density at radius 1 is 0.636 bits per heavy atom. The first-order valence-corrected chi connectivity index (χ1v) is 7.81. The van der Waals surface area contributed by atoms with E-state index in [0.29, 0.717) is 0 Å². The molecule has 0 amide bonds. The fraction of sp³-hybridized carbons (Fsp3) is 0.100. The van der Waals surface area contributed by atoms with Crippen LogP contribution in [0.2, 0.25) is 0 Å². The van der Waals surface area contributed by atoms with Crippen LogP contribution in [0.4, 0.5) is 0 Å². The molecule has 1 atom stereocenters. The molecule has 0 aromatic heterocycles. The zero-order chi connectivity index (χ0) is 15.4. The van der Waals surface area contributed by atoms with Crippen molar-refractivity contribution in [3.63, 3.8) is 0 Å². The van der Waals surface area contributed by atoms with E-state index in [1.54, 1.807) is 0 Å². The molecule has 0 radical (unpaired) electrons. The van der Waals surface area contributed by atoms with E-state index in [9.17, 15) is 0 Å². The van der Waals surface area contributed by atoms with Crippen molar-refractivity contribution < 1.29 is 0 Å². The maximum Gasteiger partial charge on any atom is 0.0958 e. The maximum atomic E-state index is 6.71. The number of rotatable bonds is 4. The molecule has 2 N–H and O–H groups in total. The quantitative estimate of drug-likeness (QED) is 0.536. The lowest BCUT2D eigenvalue weighted by Crippen LogP contribution is -2.38. The molecule has 110 valence electrons. The van der Waals surface area contributed by atoms with Gasteiger partial charge in [-0.25, -0.2) is 0 Å². The van der Waals surface area contributed by atoms with Crippen LogP contribution in [0.25, 0.3) is 0 Å². The van der Waals surface area contributed by atoms with E-state index < -0.39 is 4.87 Å². The molecule has 2 heteroatoms. The topological polar surface area (TPSA) is 26.0 Å². The van der Waals surface area contributed by atoms with Crippen molar-refractivity contribution in [1.29, 1.82) is 0 Å². The molecule has 3 aromatic carbocycles. The third-order valence-electron chi connectivity index (χ3n) is 3.94. The first kappa shape index (κ1) is 14.9. The summed E-state index contributed by atoms with van der Waals surface area (Å²) in [6, 6.07) is 30.7. The molecule has 0 spiro atoms. The van der Waals surface area contributed by atoms with Crippen LogP contribution in [0.15, 0.2) is 91.0 Å². The summed E-state index contributed by atoms with van der Waals surface area (Å²) in [5.74, 6) is -0.0272. The Morgan fingerprint density at radius 3 is 1.41 bits per heavy atom. The largest absolute Gasteiger partial charge is 0.312 e. The van der Waals surface area contributed by atoms with Crippen LogP contribution >= 0.6 is 12.6 Å². The predicted molar refractivity (Wildman–Crippen MR) is 96.0 cm³/mol. The van der Waals surface area contributed by atoms with Gasteiger partial charge in [0.25, 0.3) is 0 Å². The van der Waals surface area contributed by atoms with Crippen LogP contribution in [0.5, 0.6) is 0 Å². The molecule has 0 fully saturated rings. The number of thiol groups is 1. The van der Waals surface area contributed by atoms with E-state index in [-0.39, 0.29) is 5.92 Å². The Labute approximate surface area is 137 Å². The van der Waals surface area contributed by atoms with Gasteiger partial charge < -0.3 is 5.73 Å². The summed E-state index contributed by atoms with van der Waals surface area (Å²) in [5, 5.41) is 0. The lowest BCUT2D eigenvalue weighted by molar-refractivity contribution is 0.575. The van der Waals surface area contributed by atoms with Crippen molar-refractivity contribution in [1.82, 2.24) is 0 Å². The average Bonchev–Trinajstić information content (AvgIpc) is 2.58. The van der Waals surface area contributed by atoms with Gasteiger partial charge in [-0.3, -0.25) is 0 Å². The van der Waals surface area contributed by atoms with Crippen LogP contribution in [0.3, 0.4) is 0 Å². The molecule has 0 aliphatic carbocycles. The van der Waals surface area contributed by atoms with E-state index in [1.807, 2.05) is 66.7 Å². The van der Waals surface area contributed by atoms with Crippen LogP contribution in [0, 0.1) is 0 Å². The first-order valence-electron chi connectivity index (χ1n) is 7.36. The van der Waals surface area contributed by atoms with Crippen molar-refractivity contribution in [2.75, 3.05) is 0 Å². The molecule has 3 aromatic rings. The maximum absolute atomic E-state index is 6.71. The van der Waals surface area contributed by atoms with E-state index in [0.717, 1.165) is 16.7 Å². The predicted octanol–water partition coefficient (Wildman–Crippen LogP) is 4.56. The normalized spacial score (nSPS) is 13.8. The second-order valence-electron chi connectivity index (χ2n) is 5.45. The monoisotopic (exact) mass is 305 g/mol. The number of nitrogens with two attached hydrogens (primary N) is 1. The molecule has 0 aliphatic heterocycles. The molecule has 1 nitrogen and oxygen atoms in total. The third kappa shape index (κ3) is 2.94. The molecule has 3 rings (SSSR count). The number of hydrogen-bond acceptors (Lipinski definition) is 2. The minimum atomic E-state index is -0.788. The molecular formula is C20H19NS. The Balaban J connectivity index is 2.14. The van der Waals surface area contributed by atoms with Gasteiger partial charge in [-0.15, -0.1) is 0 Å². The zero-order valence-electron chi connectivity index (χ0n) is 12.3. The minimum absolute atomic E-state index is 0.0272. The van der Waals surface area contributed by atoms with Crippen molar-refractivity contribution in [3.8, 4) is 0 Å². The highest BCUT2D eigenvalue weighted by Crippen LogP contribution is 2.42. The Morgan fingerprint density at radius 2 is 1.00 bits per heavy atom. The summed E-state index contributed by atoms with van der Waals surface area (Å²) >= 11 is 4.87. The first-order chi connectivity index (χ1) is 10.7. The number of benzene rings is 3. The molecule has 22 heavy (non-hydrogen) atoms. The summed E-state index contributed by atoms with van der Waals surface area (Å²) in [6.45, 7) is 0. The molecule has 0 bridgehead atoms. The highest BCUT2D eigenvalue weighted by Gasteiger charge is 2.35. The average molecular weight is 305 g/mol. The van der Waals surface area contributed by atoms with Crippen LogP contribution in [-0.2, 0) is 4.87 Å². The van der Waals surface area contributed by atoms with Gasteiger partial charge in [0.2, 0.25) is 0 Å². The highest BCUT2D eigenvalue weighted by atomic mass is 32.1.